The van der Waals surface area contributed by atoms with Gasteiger partial charge in [0, 0.05) is 6.07 Å². The summed E-state index contributed by atoms with van der Waals surface area (Å²) in [6.45, 7) is 2.09. The summed E-state index contributed by atoms with van der Waals surface area (Å²) in [5.41, 5.74) is 6.10. The number of nitrogen functional groups attached to an aromatic ring is 1. The van der Waals surface area contributed by atoms with Gasteiger partial charge >= 0.3 is 0 Å². The molecule has 0 spiro atoms. The third-order valence-electron chi connectivity index (χ3n) is 1.87. The van der Waals surface area contributed by atoms with Crippen molar-refractivity contribution < 1.29 is 8.91 Å². The fourth-order valence-electron chi connectivity index (χ4n) is 1.18. The number of anilines is 2. The Hall–Kier alpha value is -2.18. The van der Waals surface area contributed by atoms with Gasteiger partial charge in [-0.15, -0.1) is 0 Å². The molecule has 6 nitrogen and oxygen atoms in total. The van der Waals surface area contributed by atoms with E-state index < -0.39 is 5.82 Å². The monoisotopic (exact) mass is 223 g/mol. The summed E-state index contributed by atoms with van der Waals surface area (Å²) in [6, 6.07) is 1.75. The third kappa shape index (κ3) is 2.25. The molecule has 0 radical (unpaired) electrons. The molecule has 16 heavy (non-hydrogen) atoms. The van der Waals surface area contributed by atoms with E-state index in [1.165, 1.54) is 0 Å². The van der Waals surface area contributed by atoms with E-state index in [1.807, 2.05) is 0 Å². The zero-order valence-electron chi connectivity index (χ0n) is 8.57. The minimum absolute atomic E-state index is 0.0117. The molecule has 0 unspecified atom stereocenters. The molecule has 0 aliphatic rings. The van der Waals surface area contributed by atoms with Crippen molar-refractivity contribution in [2.45, 2.75) is 13.5 Å². The SMILES string of the molecule is Cc1cc(CNc2nc(N)ncc2F)on1. The second kappa shape index (κ2) is 4.13. The number of nitrogens with two attached hydrogens (primary N) is 1. The van der Waals surface area contributed by atoms with Gasteiger partial charge in [0.25, 0.3) is 0 Å². The highest BCUT2D eigenvalue weighted by atomic mass is 19.1. The Bertz CT molecular complexity index is 498. The highest BCUT2D eigenvalue weighted by molar-refractivity contribution is 5.39. The van der Waals surface area contributed by atoms with Crippen molar-refractivity contribution in [2.75, 3.05) is 11.1 Å². The molecule has 2 rings (SSSR count). The van der Waals surface area contributed by atoms with Crippen LogP contribution in [-0.4, -0.2) is 15.1 Å². The van der Waals surface area contributed by atoms with Crippen LogP contribution in [0.2, 0.25) is 0 Å². The molecule has 0 aliphatic heterocycles. The Kier molecular flexibility index (Phi) is 2.67. The van der Waals surface area contributed by atoms with Crippen LogP contribution in [0.5, 0.6) is 0 Å². The molecule has 0 saturated carbocycles. The van der Waals surface area contributed by atoms with E-state index in [0.717, 1.165) is 11.9 Å². The Morgan fingerprint density at radius 3 is 3.06 bits per heavy atom. The van der Waals surface area contributed by atoms with Gasteiger partial charge in [-0.25, -0.2) is 9.37 Å². The average Bonchev–Trinajstić information content (AvgIpc) is 2.66. The first-order chi connectivity index (χ1) is 7.65. The van der Waals surface area contributed by atoms with E-state index in [9.17, 15) is 4.39 Å². The van der Waals surface area contributed by atoms with Crippen molar-refractivity contribution in [1.82, 2.24) is 15.1 Å². The lowest BCUT2D eigenvalue weighted by Crippen LogP contribution is -2.06. The van der Waals surface area contributed by atoms with Gasteiger partial charge in [0.05, 0.1) is 18.4 Å². The van der Waals surface area contributed by atoms with Gasteiger partial charge < -0.3 is 15.6 Å². The van der Waals surface area contributed by atoms with Gasteiger partial charge in [-0.1, -0.05) is 5.16 Å². The quantitative estimate of drug-likeness (QED) is 0.810. The molecule has 0 amide bonds. The molecule has 0 bridgehead atoms. The minimum atomic E-state index is -0.564. The summed E-state index contributed by atoms with van der Waals surface area (Å²) in [7, 11) is 0. The van der Waals surface area contributed by atoms with Crippen LogP contribution in [0.3, 0.4) is 0 Å². The third-order valence-corrected chi connectivity index (χ3v) is 1.87. The molecular weight excluding hydrogens is 213 g/mol. The molecule has 2 aromatic rings. The van der Waals surface area contributed by atoms with Crippen molar-refractivity contribution in [3.05, 3.63) is 29.5 Å². The van der Waals surface area contributed by atoms with E-state index in [1.54, 1.807) is 13.0 Å². The van der Waals surface area contributed by atoms with Crippen LogP contribution in [0.15, 0.2) is 16.8 Å². The topological polar surface area (TPSA) is 89.9 Å². The number of nitrogens with one attached hydrogen (secondary N) is 1. The van der Waals surface area contributed by atoms with Gasteiger partial charge in [0.2, 0.25) is 5.95 Å². The van der Waals surface area contributed by atoms with E-state index in [0.29, 0.717) is 5.76 Å². The lowest BCUT2D eigenvalue weighted by atomic mass is 10.4. The number of halogens is 1. The van der Waals surface area contributed by atoms with Crippen LogP contribution in [0.1, 0.15) is 11.5 Å². The van der Waals surface area contributed by atoms with Gasteiger partial charge in [-0.3, -0.25) is 0 Å². The molecule has 84 valence electrons. The van der Waals surface area contributed by atoms with Gasteiger partial charge in [-0.2, -0.15) is 4.98 Å². The number of aryl methyl sites for hydroxylation is 1. The Morgan fingerprint density at radius 1 is 1.56 bits per heavy atom. The van der Waals surface area contributed by atoms with Crippen LogP contribution in [-0.2, 0) is 6.54 Å². The summed E-state index contributed by atoms with van der Waals surface area (Å²) >= 11 is 0. The first kappa shape index (κ1) is 10.3. The van der Waals surface area contributed by atoms with E-state index in [4.69, 9.17) is 10.3 Å². The minimum Gasteiger partial charge on any atom is -0.368 e. The predicted octanol–water partition coefficient (Wildman–Crippen LogP) is 1.11. The van der Waals surface area contributed by atoms with Gasteiger partial charge in [0.1, 0.15) is 0 Å². The summed E-state index contributed by atoms with van der Waals surface area (Å²) in [6.07, 6.45) is 1.01. The first-order valence-corrected chi connectivity index (χ1v) is 4.59. The second-order valence-corrected chi connectivity index (χ2v) is 3.21. The highest BCUT2D eigenvalue weighted by Crippen LogP contribution is 2.12. The van der Waals surface area contributed by atoms with Crippen molar-refractivity contribution in [3.8, 4) is 0 Å². The number of hydrogen-bond donors (Lipinski definition) is 2. The van der Waals surface area contributed by atoms with Crippen molar-refractivity contribution in [1.29, 1.82) is 0 Å². The maximum atomic E-state index is 13.2. The molecule has 0 aromatic carbocycles. The second-order valence-electron chi connectivity index (χ2n) is 3.21. The van der Waals surface area contributed by atoms with Gasteiger partial charge in [-0.05, 0) is 6.92 Å². The maximum Gasteiger partial charge on any atom is 0.222 e. The van der Waals surface area contributed by atoms with Gasteiger partial charge in [0.15, 0.2) is 17.4 Å². The lowest BCUT2D eigenvalue weighted by Gasteiger charge is -2.03. The van der Waals surface area contributed by atoms with Crippen molar-refractivity contribution >= 4 is 11.8 Å². The highest BCUT2D eigenvalue weighted by Gasteiger charge is 2.06. The Morgan fingerprint density at radius 2 is 2.38 bits per heavy atom. The predicted molar refractivity (Wildman–Crippen MR) is 55.0 cm³/mol. The van der Waals surface area contributed by atoms with Crippen LogP contribution >= 0.6 is 0 Å². The fraction of sp³-hybridized carbons (Fsp3) is 0.222. The molecule has 2 heterocycles. The zero-order chi connectivity index (χ0) is 11.5. The number of nitrogens with zero attached hydrogens (tertiary/aromatic N) is 3. The normalized spacial score (nSPS) is 10.4. The molecule has 3 N–H and O–H groups in total. The van der Waals surface area contributed by atoms with E-state index >= 15 is 0 Å². The molecule has 2 aromatic heterocycles. The molecular formula is C9H10FN5O. The Labute approximate surface area is 90.7 Å². The summed E-state index contributed by atoms with van der Waals surface area (Å²) < 4.78 is 18.1. The lowest BCUT2D eigenvalue weighted by molar-refractivity contribution is 0.384. The smallest absolute Gasteiger partial charge is 0.222 e. The number of hydrogen-bond acceptors (Lipinski definition) is 6. The summed E-state index contributed by atoms with van der Waals surface area (Å²) in [5, 5.41) is 6.45. The van der Waals surface area contributed by atoms with E-state index in [-0.39, 0.29) is 18.3 Å². The fourth-order valence-corrected chi connectivity index (χ4v) is 1.18. The molecule has 0 fully saturated rings. The molecule has 7 heteroatoms. The van der Waals surface area contributed by atoms with E-state index in [2.05, 4.69) is 20.4 Å². The van der Waals surface area contributed by atoms with Crippen molar-refractivity contribution in [3.63, 3.8) is 0 Å². The first-order valence-electron chi connectivity index (χ1n) is 4.59. The maximum absolute atomic E-state index is 13.2. The van der Waals surface area contributed by atoms with Crippen LogP contribution in [0, 0.1) is 12.7 Å². The average molecular weight is 223 g/mol. The van der Waals surface area contributed by atoms with Crippen LogP contribution < -0.4 is 11.1 Å². The molecule has 0 aliphatic carbocycles. The van der Waals surface area contributed by atoms with Crippen LogP contribution in [0.4, 0.5) is 16.2 Å². The van der Waals surface area contributed by atoms with Crippen molar-refractivity contribution in [2.24, 2.45) is 0 Å². The van der Waals surface area contributed by atoms with Crippen LogP contribution in [0.25, 0.3) is 0 Å². The molecule has 0 saturated heterocycles. The zero-order valence-corrected chi connectivity index (χ0v) is 8.57. The number of rotatable bonds is 3. The molecule has 0 atom stereocenters. The summed E-state index contributed by atoms with van der Waals surface area (Å²) in [4.78, 5) is 7.23. The number of aromatic nitrogens is 3. The Balaban J connectivity index is 2.07. The summed E-state index contributed by atoms with van der Waals surface area (Å²) in [5.74, 6) is 0.0822. The standard InChI is InChI=1S/C9H10FN5O/c1-5-2-6(16-15-5)3-12-8-7(10)4-13-9(11)14-8/h2,4H,3H2,1H3,(H3,11,12,13,14). The largest absolute Gasteiger partial charge is 0.368 e.